The van der Waals surface area contributed by atoms with Gasteiger partial charge >= 0.3 is 0 Å². The topological polar surface area (TPSA) is 70.5 Å². The highest BCUT2D eigenvalue weighted by molar-refractivity contribution is 5.92. The second kappa shape index (κ2) is 9.81. The van der Waals surface area contributed by atoms with Crippen molar-refractivity contribution in [1.29, 1.82) is 0 Å². The summed E-state index contributed by atoms with van der Waals surface area (Å²) in [7, 11) is 0. The first-order valence-corrected chi connectivity index (χ1v) is 12.1. The normalized spacial score (nSPS) is 16.2. The maximum atomic E-state index is 13.0. The molecule has 1 aliphatic heterocycles. The van der Waals surface area contributed by atoms with Crippen LogP contribution in [0.2, 0.25) is 0 Å². The number of fused-ring (bicyclic) bond motifs is 1. The Kier molecular flexibility index (Phi) is 6.45. The summed E-state index contributed by atoms with van der Waals surface area (Å²) in [5.41, 5.74) is 5.65. The first-order chi connectivity index (χ1) is 16.6. The minimum atomic E-state index is -0.0751. The molecule has 176 valence electrons. The van der Waals surface area contributed by atoms with Gasteiger partial charge in [-0.1, -0.05) is 30.3 Å². The number of nitrogens with zero attached hydrogens (tertiary/aromatic N) is 4. The lowest BCUT2D eigenvalue weighted by Crippen LogP contribution is -2.37. The highest BCUT2D eigenvalue weighted by Gasteiger charge is 2.20. The van der Waals surface area contributed by atoms with Crippen molar-refractivity contribution in [3.8, 4) is 16.9 Å². The van der Waals surface area contributed by atoms with E-state index in [1.807, 2.05) is 41.3 Å². The second-order valence-corrected chi connectivity index (χ2v) is 9.18. The lowest BCUT2D eigenvalue weighted by molar-refractivity contribution is -0.128. The number of carbonyl (C=O) groups excluding carboxylic acids is 2. The highest BCUT2D eigenvalue weighted by Crippen LogP contribution is 2.30. The molecule has 1 aromatic heterocycles. The molecule has 34 heavy (non-hydrogen) atoms. The van der Waals surface area contributed by atoms with E-state index in [4.69, 9.17) is 5.10 Å². The molecule has 5 rings (SSSR count). The molecule has 0 bridgehead atoms. The summed E-state index contributed by atoms with van der Waals surface area (Å²) in [5, 5.41) is 7.96. The summed E-state index contributed by atoms with van der Waals surface area (Å²) in [6, 6.07) is 18.4. The van der Waals surface area contributed by atoms with E-state index in [0.717, 1.165) is 49.3 Å². The first kappa shape index (κ1) is 22.3. The van der Waals surface area contributed by atoms with E-state index < -0.39 is 0 Å². The van der Waals surface area contributed by atoms with E-state index in [1.165, 1.54) is 17.5 Å². The molecular weight excluding hydrogens is 426 g/mol. The molecule has 0 radical (unpaired) electrons. The number of hydrogen-bond donors (Lipinski definition) is 1. The fourth-order valence-corrected chi connectivity index (χ4v) is 4.94. The predicted octanol–water partition coefficient (Wildman–Crippen LogP) is 3.52. The Hall–Kier alpha value is -3.45. The minimum Gasteiger partial charge on any atom is -0.342 e. The average molecular weight is 458 g/mol. The Bertz CT molecular complexity index is 1190. The highest BCUT2D eigenvalue weighted by atomic mass is 16.2. The van der Waals surface area contributed by atoms with Gasteiger partial charge in [0.05, 0.1) is 17.9 Å². The molecule has 7 heteroatoms. The second-order valence-electron chi connectivity index (χ2n) is 9.18. The van der Waals surface area contributed by atoms with Gasteiger partial charge < -0.3 is 10.2 Å². The Morgan fingerprint density at radius 1 is 0.912 bits per heavy atom. The van der Waals surface area contributed by atoms with Crippen molar-refractivity contribution in [1.82, 2.24) is 19.6 Å². The maximum Gasteiger partial charge on any atom is 0.239 e. The van der Waals surface area contributed by atoms with Crippen LogP contribution in [-0.4, -0.2) is 64.1 Å². The molecule has 1 N–H and O–H groups in total. The quantitative estimate of drug-likeness (QED) is 0.637. The van der Waals surface area contributed by atoms with E-state index >= 15 is 0 Å². The van der Waals surface area contributed by atoms with Gasteiger partial charge in [0.2, 0.25) is 11.8 Å². The smallest absolute Gasteiger partial charge is 0.239 e. The van der Waals surface area contributed by atoms with Crippen LogP contribution in [-0.2, 0) is 22.4 Å². The van der Waals surface area contributed by atoms with Crippen LogP contribution in [0.4, 0.5) is 5.82 Å². The lowest BCUT2D eigenvalue weighted by atomic mass is 10.0. The van der Waals surface area contributed by atoms with Gasteiger partial charge in [-0.15, -0.1) is 0 Å². The van der Waals surface area contributed by atoms with Crippen molar-refractivity contribution < 1.29 is 9.59 Å². The molecule has 2 heterocycles. The van der Waals surface area contributed by atoms with Crippen molar-refractivity contribution in [3.63, 3.8) is 0 Å². The van der Waals surface area contributed by atoms with Crippen molar-refractivity contribution >= 4 is 17.6 Å². The Labute approximate surface area is 200 Å². The molecule has 2 amide bonds. The van der Waals surface area contributed by atoms with Crippen LogP contribution in [0.1, 0.15) is 30.9 Å². The largest absolute Gasteiger partial charge is 0.342 e. The third-order valence-electron chi connectivity index (χ3n) is 6.77. The zero-order chi connectivity index (χ0) is 23.5. The molecule has 0 atom stereocenters. The number of aryl methyl sites for hydroxylation is 2. The van der Waals surface area contributed by atoms with Crippen LogP contribution in [0.15, 0.2) is 54.6 Å². The predicted molar refractivity (Wildman–Crippen MR) is 133 cm³/mol. The molecule has 2 aliphatic rings. The standard InChI is InChI=1S/C27H31N5O2/c1-20(33)31-14-6-13-30(15-16-31)19-27(34)28-26-18-25(29-32(26)24-9-3-2-4-10-24)23-12-11-21-7-5-8-22(21)17-23/h2-4,9-12,17-18H,5-8,13-16,19H2,1H3,(H,28,34). The summed E-state index contributed by atoms with van der Waals surface area (Å²) < 4.78 is 1.81. The number of benzene rings is 2. The van der Waals surface area contributed by atoms with E-state index in [2.05, 4.69) is 28.4 Å². The summed E-state index contributed by atoms with van der Waals surface area (Å²) in [5.74, 6) is 0.679. The number of para-hydroxylation sites is 1. The zero-order valence-corrected chi connectivity index (χ0v) is 19.7. The number of rotatable bonds is 5. The number of hydrogen-bond acceptors (Lipinski definition) is 4. The van der Waals surface area contributed by atoms with Gasteiger partial charge in [-0.25, -0.2) is 4.68 Å². The van der Waals surface area contributed by atoms with Gasteiger partial charge in [0, 0.05) is 44.7 Å². The fraction of sp³-hybridized carbons (Fsp3) is 0.370. The SMILES string of the molecule is CC(=O)N1CCCN(CC(=O)Nc2cc(-c3ccc4c(c3)CCC4)nn2-c2ccccc2)CC1. The molecule has 7 nitrogen and oxygen atoms in total. The third-order valence-corrected chi connectivity index (χ3v) is 6.77. The Balaban J connectivity index is 1.36. The van der Waals surface area contributed by atoms with Gasteiger partial charge in [-0.05, 0) is 55.0 Å². The van der Waals surface area contributed by atoms with Crippen LogP contribution < -0.4 is 5.32 Å². The summed E-state index contributed by atoms with van der Waals surface area (Å²) in [6.07, 6.45) is 4.34. The van der Waals surface area contributed by atoms with E-state index in [1.54, 1.807) is 11.6 Å². The van der Waals surface area contributed by atoms with E-state index in [-0.39, 0.29) is 11.8 Å². The van der Waals surface area contributed by atoms with E-state index in [9.17, 15) is 9.59 Å². The molecular formula is C27H31N5O2. The van der Waals surface area contributed by atoms with Crippen molar-refractivity contribution in [3.05, 3.63) is 65.7 Å². The molecule has 0 unspecified atom stereocenters. The van der Waals surface area contributed by atoms with Crippen molar-refractivity contribution in [2.75, 3.05) is 38.0 Å². The molecule has 0 spiro atoms. The van der Waals surface area contributed by atoms with Crippen LogP contribution in [0.3, 0.4) is 0 Å². The zero-order valence-electron chi connectivity index (χ0n) is 19.7. The molecule has 0 saturated carbocycles. The van der Waals surface area contributed by atoms with Gasteiger partial charge in [0.25, 0.3) is 0 Å². The monoisotopic (exact) mass is 457 g/mol. The van der Waals surface area contributed by atoms with E-state index in [0.29, 0.717) is 25.5 Å². The van der Waals surface area contributed by atoms with Gasteiger partial charge in [0.15, 0.2) is 0 Å². The number of carbonyl (C=O) groups is 2. The number of aromatic nitrogens is 2. The first-order valence-electron chi connectivity index (χ1n) is 12.1. The maximum absolute atomic E-state index is 13.0. The van der Waals surface area contributed by atoms with Crippen LogP contribution >= 0.6 is 0 Å². The minimum absolute atomic E-state index is 0.0751. The van der Waals surface area contributed by atoms with Crippen LogP contribution in [0, 0.1) is 0 Å². The summed E-state index contributed by atoms with van der Waals surface area (Å²) in [4.78, 5) is 28.7. The van der Waals surface area contributed by atoms with Gasteiger partial charge in [0.1, 0.15) is 5.82 Å². The number of amides is 2. The Morgan fingerprint density at radius 3 is 2.56 bits per heavy atom. The molecule has 1 aliphatic carbocycles. The third kappa shape index (κ3) is 4.89. The molecule has 1 fully saturated rings. The fourth-order valence-electron chi connectivity index (χ4n) is 4.94. The molecule has 2 aromatic carbocycles. The van der Waals surface area contributed by atoms with Crippen LogP contribution in [0.25, 0.3) is 16.9 Å². The summed E-state index contributed by atoms with van der Waals surface area (Å²) in [6.45, 7) is 4.80. The van der Waals surface area contributed by atoms with Gasteiger partial charge in [-0.2, -0.15) is 5.10 Å². The number of anilines is 1. The number of nitrogens with one attached hydrogen (secondary N) is 1. The molecule has 3 aromatic rings. The van der Waals surface area contributed by atoms with Crippen molar-refractivity contribution in [2.24, 2.45) is 0 Å². The Morgan fingerprint density at radius 2 is 1.74 bits per heavy atom. The molecule has 1 saturated heterocycles. The van der Waals surface area contributed by atoms with Gasteiger partial charge in [-0.3, -0.25) is 14.5 Å². The van der Waals surface area contributed by atoms with Crippen molar-refractivity contribution in [2.45, 2.75) is 32.6 Å². The lowest BCUT2D eigenvalue weighted by Gasteiger charge is -2.20. The summed E-state index contributed by atoms with van der Waals surface area (Å²) >= 11 is 0. The average Bonchev–Trinajstić information content (AvgIpc) is 3.41. The van der Waals surface area contributed by atoms with Crippen LogP contribution in [0.5, 0.6) is 0 Å².